The zero-order chi connectivity index (χ0) is 13.8. The molecule has 1 aliphatic rings. The molecular formula is C15H21ClN4O. The lowest BCUT2D eigenvalue weighted by Gasteiger charge is -2.14. The van der Waals surface area contributed by atoms with Gasteiger partial charge in [-0.05, 0) is 38.4 Å². The van der Waals surface area contributed by atoms with E-state index < -0.39 is 0 Å². The Morgan fingerprint density at radius 1 is 1.29 bits per heavy atom. The summed E-state index contributed by atoms with van der Waals surface area (Å²) in [5, 5.41) is 6.84. The monoisotopic (exact) mass is 308 g/mol. The van der Waals surface area contributed by atoms with Gasteiger partial charge in [-0.3, -0.25) is 0 Å². The summed E-state index contributed by atoms with van der Waals surface area (Å²) in [6.45, 7) is 4.50. The van der Waals surface area contributed by atoms with Crippen molar-refractivity contribution in [1.82, 2.24) is 15.3 Å². The Hall–Kier alpha value is -1.59. The fourth-order valence-electron chi connectivity index (χ4n) is 2.49. The van der Waals surface area contributed by atoms with Gasteiger partial charge >= 0.3 is 0 Å². The number of hydrogen-bond donors (Lipinski definition) is 2. The van der Waals surface area contributed by atoms with Gasteiger partial charge in [-0.15, -0.1) is 12.4 Å². The first-order chi connectivity index (χ1) is 9.86. The van der Waals surface area contributed by atoms with Crippen LogP contribution in [0.3, 0.4) is 0 Å². The summed E-state index contributed by atoms with van der Waals surface area (Å²) < 4.78 is 5.60. The molecule has 0 aliphatic carbocycles. The van der Waals surface area contributed by atoms with Crippen LogP contribution in [0.2, 0.25) is 0 Å². The van der Waals surface area contributed by atoms with Gasteiger partial charge in [-0.25, -0.2) is 9.97 Å². The van der Waals surface area contributed by atoms with Gasteiger partial charge in [0.15, 0.2) is 5.82 Å². The van der Waals surface area contributed by atoms with E-state index in [1.54, 1.807) is 0 Å². The molecule has 1 aliphatic heterocycles. The number of hydrogen-bond acceptors (Lipinski definition) is 5. The third-order valence-corrected chi connectivity index (χ3v) is 3.50. The SMILES string of the molecule is CCOc1nc2ccccc2nc1NCC1CCCN1.Cl. The van der Waals surface area contributed by atoms with E-state index in [-0.39, 0.29) is 12.4 Å². The van der Waals surface area contributed by atoms with Crippen LogP contribution in [-0.2, 0) is 0 Å². The van der Waals surface area contributed by atoms with Crippen molar-refractivity contribution in [3.8, 4) is 5.88 Å². The number of benzene rings is 1. The number of anilines is 1. The molecule has 114 valence electrons. The molecule has 1 fully saturated rings. The molecule has 1 unspecified atom stereocenters. The van der Waals surface area contributed by atoms with Crippen molar-refractivity contribution in [1.29, 1.82) is 0 Å². The van der Waals surface area contributed by atoms with Crippen LogP contribution in [0.15, 0.2) is 24.3 Å². The average molecular weight is 309 g/mol. The second-order valence-electron chi connectivity index (χ2n) is 4.97. The Kier molecular flexibility index (Phi) is 5.59. The molecule has 0 radical (unpaired) electrons. The normalized spacial score (nSPS) is 17.5. The zero-order valence-electron chi connectivity index (χ0n) is 12.1. The topological polar surface area (TPSA) is 59.1 Å². The van der Waals surface area contributed by atoms with Crippen LogP contribution in [0.5, 0.6) is 5.88 Å². The van der Waals surface area contributed by atoms with E-state index in [0.29, 0.717) is 18.5 Å². The summed E-state index contributed by atoms with van der Waals surface area (Å²) in [6.07, 6.45) is 2.45. The number of nitrogens with one attached hydrogen (secondary N) is 2. The third-order valence-electron chi connectivity index (χ3n) is 3.50. The number of ether oxygens (including phenoxy) is 1. The van der Waals surface area contributed by atoms with Gasteiger partial charge in [-0.1, -0.05) is 12.1 Å². The number of halogens is 1. The molecule has 0 saturated carbocycles. The van der Waals surface area contributed by atoms with Crippen molar-refractivity contribution in [3.63, 3.8) is 0 Å². The summed E-state index contributed by atoms with van der Waals surface area (Å²) in [6, 6.07) is 8.37. The molecule has 21 heavy (non-hydrogen) atoms. The number of aromatic nitrogens is 2. The van der Waals surface area contributed by atoms with E-state index in [4.69, 9.17) is 4.74 Å². The maximum atomic E-state index is 5.60. The molecule has 0 bridgehead atoms. The van der Waals surface area contributed by atoms with Gasteiger partial charge in [0.1, 0.15) is 0 Å². The van der Waals surface area contributed by atoms with E-state index in [1.807, 2.05) is 31.2 Å². The molecule has 0 amide bonds. The quantitative estimate of drug-likeness (QED) is 0.889. The molecule has 1 aromatic heterocycles. The first-order valence-corrected chi connectivity index (χ1v) is 7.23. The first kappa shape index (κ1) is 15.8. The molecule has 6 heteroatoms. The zero-order valence-corrected chi connectivity index (χ0v) is 12.9. The number of fused-ring (bicyclic) bond motifs is 1. The van der Waals surface area contributed by atoms with Crippen LogP contribution in [0.25, 0.3) is 11.0 Å². The van der Waals surface area contributed by atoms with Gasteiger partial charge < -0.3 is 15.4 Å². The molecule has 5 nitrogen and oxygen atoms in total. The van der Waals surface area contributed by atoms with Gasteiger partial charge in [0.2, 0.25) is 0 Å². The molecular weight excluding hydrogens is 288 g/mol. The molecule has 1 saturated heterocycles. The number of para-hydroxylation sites is 2. The molecule has 0 spiro atoms. The van der Waals surface area contributed by atoms with E-state index in [2.05, 4.69) is 20.6 Å². The first-order valence-electron chi connectivity index (χ1n) is 7.23. The van der Waals surface area contributed by atoms with Crippen LogP contribution < -0.4 is 15.4 Å². The minimum atomic E-state index is 0. The van der Waals surface area contributed by atoms with E-state index in [9.17, 15) is 0 Å². The fourth-order valence-corrected chi connectivity index (χ4v) is 2.49. The van der Waals surface area contributed by atoms with Crippen LogP contribution in [-0.4, -0.2) is 35.7 Å². The van der Waals surface area contributed by atoms with Crippen molar-refractivity contribution < 1.29 is 4.74 Å². The van der Waals surface area contributed by atoms with E-state index >= 15 is 0 Å². The lowest BCUT2D eigenvalue weighted by atomic mass is 10.2. The smallest absolute Gasteiger partial charge is 0.258 e. The summed E-state index contributed by atoms with van der Waals surface area (Å²) >= 11 is 0. The Morgan fingerprint density at radius 2 is 2.05 bits per heavy atom. The van der Waals surface area contributed by atoms with Gasteiger partial charge in [0, 0.05) is 12.6 Å². The lowest BCUT2D eigenvalue weighted by molar-refractivity contribution is 0.328. The van der Waals surface area contributed by atoms with Crippen molar-refractivity contribution >= 4 is 29.3 Å². The average Bonchev–Trinajstić information content (AvgIpc) is 2.98. The fraction of sp³-hybridized carbons (Fsp3) is 0.467. The van der Waals surface area contributed by atoms with Gasteiger partial charge in [-0.2, -0.15) is 0 Å². The maximum absolute atomic E-state index is 5.60. The minimum Gasteiger partial charge on any atom is -0.475 e. The minimum absolute atomic E-state index is 0. The highest BCUT2D eigenvalue weighted by molar-refractivity contribution is 5.85. The highest BCUT2D eigenvalue weighted by atomic mass is 35.5. The highest BCUT2D eigenvalue weighted by Crippen LogP contribution is 2.23. The van der Waals surface area contributed by atoms with Gasteiger partial charge in [0.05, 0.1) is 17.6 Å². The van der Waals surface area contributed by atoms with Crippen molar-refractivity contribution in [2.45, 2.75) is 25.8 Å². The predicted octanol–water partition coefficient (Wildman–Crippen LogP) is 2.61. The molecule has 2 N–H and O–H groups in total. The maximum Gasteiger partial charge on any atom is 0.258 e. The lowest BCUT2D eigenvalue weighted by Crippen LogP contribution is -2.29. The Morgan fingerprint density at radius 3 is 2.71 bits per heavy atom. The molecule has 1 aromatic carbocycles. The van der Waals surface area contributed by atoms with E-state index in [0.717, 1.165) is 29.9 Å². The van der Waals surface area contributed by atoms with Crippen molar-refractivity contribution in [3.05, 3.63) is 24.3 Å². The van der Waals surface area contributed by atoms with Crippen LogP contribution in [0.4, 0.5) is 5.82 Å². The second-order valence-corrected chi connectivity index (χ2v) is 4.97. The highest BCUT2D eigenvalue weighted by Gasteiger charge is 2.16. The van der Waals surface area contributed by atoms with Crippen LogP contribution in [0.1, 0.15) is 19.8 Å². The van der Waals surface area contributed by atoms with Crippen molar-refractivity contribution in [2.75, 3.05) is 25.0 Å². The predicted molar refractivity (Wildman–Crippen MR) is 87.5 cm³/mol. The summed E-state index contributed by atoms with van der Waals surface area (Å²) in [4.78, 5) is 9.17. The summed E-state index contributed by atoms with van der Waals surface area (Å²) in [5.41, 5.74) is 1.75. The molecule has 3 rings (SSSR count). The van der Waals surface area contributed by atoms with Crippen LogP contribution in [0, 0.1) is 0 Å². The Balaban J connectivity index is 0.00000161. The molecule has 2 heterocycles. The Bertz CT molecular complexity index is 587. The Labute approximate surface area is 130 Å². The largest absolute Gasteiger partial charge is 0.475 e. The number of rotatable bonds is 5. The van der Waals surface area contributed by atoms with Gasteiger partial charge in [0.25, 0.3) is 5.88 Å². The standard InChI is InChI=1S/C15H20N4O.ClH/c1-2-20-15-14(17-10-11-6-5-9-16-11)18-12-7-3-4-8-13(12)19-15;/h3-4,7-8,11,16H,2,5-6,9-10H2,1H3,(H,17,18);1H. The summed E-state index contributed by atoms with van der Waals surface area (Å²) in [7, 11) is 0. The molecule has 1 atom stereocenters. The third kappa shape index (κ3) is 3.74. The molecule has 2 aromatic rings. The number of nitrogens with zero attached hydrogens (tertiary/aromatic N) is 2. The second kappa shape index (κ2) is 7.43. The van der Waals surface area contributed by atoms with Crippen LogP contribution >= 0.6 is 12.4 Å². The van der Waals surface area contributed by atoms with Crippen molar-refractivity contribution in [2.24, 2.45) is 0 Å². The van der Waals surface area contributed by atoms with E-state index in [1.165, 1.54) is 12.8 Å². The summed E-state index contributed by atoms with van der Waals surface area (Å²) in [5.74, 6) is 1.32.